The highest BCUT2D eigenvalue weighted by Gasteiger charge is 2.13. The molecular weight excluding hydrogens is 392 g/mol. The normalized spacial score (nSPS) is 11.0. The highest BCUT2D eigenvalue weighted by molar-refractivity contribution is 5.82. The van der Waals surface area contributed by atoms with Crippen LogP contribution in [0, 0.1) is 6.92 Å². The molecule has 4 rings (SSSR count). The molecule has 0 aliphatic rings. The van der Waals surface area contributed by atoms with Gasteiger partial charge in [0.05, 0.1) is 5.39 Å². The van der Waals surface area contributed by atoms with E-state index in [1.807, 2.05) is 0 Å². The lowest BCUT2D eigenvalue weighted by molar-refractivity contribution is -0.138. The second kappa shape index (κ2) is 7.84. The lowest BCUT2D eigenvalue weighted by atomic mass is 10.1. The summed E-state index contributed by atoms with van der Waals surface area (Å²) in [5, 5.41) is 1.02. The van der Waals surface area contributed by atoms with Crippen LogP contribution in [-0.4, -0.2) is 19.7 Å². The molecule has 152 valence electrons. The Bertz CT molecular complexity index is 1380. The van der Waals surface area contributed by atoms with Crippen LogP contribution in [0.2, 0.25) is 0 Å². The standard InChI is InChI=1S/C22H16O8/c1-12-7-20(23)30-18-9-13(3-5-15(12)18)28-19-10-27-17-8-14(29-21(24)11-26-2)4-6-16(17)22(19)25/h3-10H,11H2,1-2H3. The molecule has 0 spiro atoms. The third kappa shape index (κ3) is 3.81. The summed E-state index contributed by atoms with van der Waals surface area (Å²) in [6.45, 7) is 1.61. The first kappa shape index (κ1) is 19.4. The quantitative estimate of drug-likeness (QED) is 0.280. The molecule has 2 heterocycles. The van der Waals surface area contributed by atoms with Crippen molar-refractivity contribution in [2.45, 2.75) is 6.92 Å². The molecule has 8 nitrogen and oxygen atoms in total. The molecule has 0 saturated heterocycles. The average molecular weight is 408 g/mol. The SMILES string of the molecule is COCC(=O)Oc1ccc2c(=O)c(Oc3ccc4c(C)cc(=O)oc4c3)coc2c1. The van der Waals surface area contributed by atoms with Gasteiger partial charge in [0.2, 0.25) is 11.2 Å². The van der Waals surface area contributed by atoms with Gasteiger partial charge in [-0.15, -0.1) is 0 Å². The molecule has 0 bridgehead atoms. The molecule has 2 aromatic carbocycles. The lowest BCUT2D eigenvalue weighted by Gasteiger charge is -2.08. The number of hydrogen-bond donors (Lipinski definition) is 0. The fourth-order valence-electron chi connectivity index (χ4n) is 3.00. The van der Waals surface area contributed by atoms with Gasteiger partial charge in [-0.2, -0.15) is 0 Å². The van der Waals surface area contributed by atoms with E-state index in [9.17, 15) is 14.4 Å². The third-order valence-corrected chi connectivity index (χ3v) is 4.36. The van der Waals surface area contributed by atoms with Crippen LogP contribution in [0.25, 0.3) is 21.9 Å². The van der Waals surface area contributed by atoms with Crippen molar-refractivity contribution in [1.29, 1.82) is 0 Å². The number of aryl methyl sites for hydroxylation is 1. The van der Waals surface area contributed by atoms with Crippen LogP contribution >= 0.6 is 0 Å². The number of rotatable bonds is 5. The maximum atomic E-state index is 12.8. The molecule has 0 amide bonds. The smallest absolute Gasteiger partial charge is 0.337 e. The zero-order chi connectivity index (χ0) is 21.3. The maximum absolute atomic E-state index is 12.8. The van der Waals surface area contributed by atoms with Gasteiger partial charge in [-0.05, 0) is 36.8 Å². The molecule has 2 aromatic heterocycles. The van der Waals surface area contributed by atoms with Crippen molar-refractivity contribution in [2.24, 2.45) is 0 Å². The number of hydrogen-bond acceptors (Lipinski definition) is 8. The van der Waals surface area contributed by atoms with Crippen LogP contribution in [0.1, 0.15) is 5.56 Å². The van der Waals surface area contributed by atoms with E-state index in [0.717, 1.165) is 10.9 Å². The van der Waals surface area contributed by atoms with Gasteiger partial charge in [0.1, 0.15) is 35.5 Å². The molecule has 4 aromatic rings. The molecule has 0 aliphatic heterocycles. The van der Waals surface area contributed by atoms with E-state index >= 15 is 0 Å². The molecule has 0 saturated carbocycles. The van der Waals surface area contributed by atoms with E-state index in [0.29, 0.717) is 11.3 Å². The minimum absolute atomic E-state index is 0.0408. The molecular formula is C22H16O8. The van der Waals surface area contributed by atoms with E-state index < -0.39 is 17.0 Å². The van der Waals surface area contributed by atoms with Crippen molar-refractivity contribution in [3.8, 4) is 17.2 Å². The van der Waals surface area contributed by atoms with Gasteiger partial charge in [0, 0.05) is 30.7 Å². The van der Waals surface area contributed by atoms with Gasteiger partial charge in [-0.1, -0.05) is 0 Å². The summed E-state index contributed by atoms with van der Waals surface area (Å²) in [5.41, 5.74) is 0.488. The summed E-state index contributed by atoms with van der Waals surface area (Å²) in [7, 11) is 1.38. The first-order valence-corrected chi connectivity index (χ1v) is 8.92. The Morgan fingerprint density at radius 1 is 0.967 bits per heavy atom. The Hall–Kier alpha value is -3.91. The molecule has 8 heteroatoms. The van der Waals surface area contributed by atoms with E-state index in [1.54, 1.807) is 19.1 Å². The third-order valence-electron chi connectivity index (χ3n) is 4.36. The minimum atomic E-state index is -0.572. The lowest BCUT2D eigenvalue weighted by Crippen LogP contribution is -2.14. The average Bonchev–Trinajstić information content (AvgIpc) is 2.70. The number of fused-ring (bicyclic) bond motifs is 2. The highest BCUT2D eigenvalue weighted by Crippen LogP contribution is 2.27. The zero-order valence-electron chi connectivity index (χ0n) is 16.1. The Morgan fingerprint density at radius 2 is 1.70 bits per heavy atom. The van der Waals surface area contributed by atoms with Crippen LogP contribution in [-0.2, 0) is 9.53 Å². The number of benzene rings is 2. The summed E-state index contributed by atoms with van der Waals surface area (Å²) >= 11 is 0. The van der Waals surface area contributed by atoms with Crippen LogP contribution in [0.4, 0.5) is 0 Å². The van der Waals surface area contributed by atoms with Crippen molar-refractivity contribution in [1.82, 2.24) is 0 Å². The molecule has 30 heavy (non-hydrogen) atoms. The van der Waals surface area contributed by atoms with Crippen molar-refractivity contribution in [3.63, 3.8) is 0 Å². The Morgan fingerprint density at radius 3 is 2.50 bits per heavy atom. The van der Waals surface area contributed by atoms with Crippen molar-refractivity contribution < 1.29 is 27.8 Å². The van der Waals surface area contributed by atoms with Gasteiger partial charge < -0.3 is 23.0 Å². The first-order chi connectivity index (χ1) is 14.4. The number of ether oxygens (including phenoxy) is 3. The summed E-state index contributed by atoms with van der Waals surface area (Å²) in [5.74, 6) is -0.0763. The van der Waals surface area contributed by atoms with Crippen LogP contribution < -0.4 is 20.5 Å². The summed E-state index contributed by atoms with van der Waals surface area (Å²) in [6, 6.07) is 10.7. The second-order valence-electron chi connectivity index (χ2n) is 6.50. The first-order valence-electron chi connectivity index (χ1n) is 8.92. The monoisotopic (exact) mass is 408 g/mol. The number of methoxy groups -OCH3 is 1. The molecule has 0 N–H and O–H groups in total. The van der Waals surface area contributed by atoms with Crippen LogP contribution in [0.5, 0.6) is 17.2 Å². The zero-order valence-corrected chi connectivity index (χ0v) is 16.1. The van der Waals surface area contributed by atoms with Gasteiger partial charge in [-0.25, -0.2) is 9.59 Å². The number of carbonyl (C=O) groups is 1. The molecule has 0 fully saturated rings. The largest absolute Gasteiger partial charge is 0.460 e. The number of esters is 1. The van der Waals surface area contributed by atoms with E-state index in [2.05, 4.69) is 0 Å². The topological polar surface area (TPSA) is 105 Å². The predicted octanol–water partition coefficient (Wildman–Crippen LogP) is 3.55. The predicted molar refractivity (Wildman–Crippen MR) is 107 cm³/mol. The van der Waals surface area contributed by atoms with Gasteiger partial charge in [-0.3, -0.25) is 4.79 Å². The van der Waals surface area contributed by atoms with Gasteiger partial charge in [0.15, 0.2) is 0 Å². The van der Waals surface area contributed by atoms with Crippen LogP contribution in [0.15, 0.2) is 67.2 Å². The summed E-state index contributed by atoms with van der Waals surface area (Å²) in [4.78, 5) is 35.9. The number of carbonyl (C=O) groups excluding carboxylic acids is 1. The fourth-order valence-corrected chi connectivity index (χ4v) is 3.00. The second-order valence-corrected chi connectivity index (χ2v) is 6.50. The van der Waals surface area contributed by atoms with Crippen molar-refractivity contribution in [3.05, 3.63) is 74.9 Å². The summed E-state index contributed by atoms with van der Waals surface area (Å²) < 4.78 is 26.1. The molecule has 0 aliphatic carbocycles. The Labute approximate surface area is 169 Å². The Kier molecular flexibility index (Phi) is 5.07. The molecule has 0 atom stereocenters. The van der Waals surface area contributed by atoms with E-state index in [4.69, 9.17) is 23.0 Å². The minimum Gasteiger partial charge on any atom is -0.460 e. The highest BCUT2D eigenvalue weighted by atomic mass is 16.6. The van der Waals surface area contributed by atoms with E-state index in [-0.39, 0.29) is 29.1 Å². The fraction of sp³-hybridized carbons (Fsp3) is 0.136. The molecule has 0 radical (unpaired) electrons. The van der Waals surface area contributed by atoms with Gasteiger partial charge >= 0.3 is 11.6 Å². The van der Waals surface area contributed by atoms with Crippen molar-refractivity contribution >= 4 is 27.9 Å². The maximum Gasteiger partial charge on any atom is 0.337 e. The van der Waals surface area contributed by atoms with Crippen molar-refractivity contribution in [2.75, 3.05) is 13.7 Å². The van der Waals surface area contributed by atoms with E-state index in [1.165, 1.54) is 43.7 Å². The summed E-state index contributed by atoms with van der Waals surface area (Å²) in [6.07, 6.45) is 1.17. The van der Waals surface area contributed by atoms with Gasteiger partial charge in [0.25, 0.3) is 0 Å². The Balaban J connectivity index is 1.66. The van der Waals surface area contributed by atoms with Crippen LogP contribution in [0.3, 0.4) is 0 Å². The molecule has 0 unspecified atom stereocenters.